The van der Waals surface area contributed by atoms with Crippen LogP contribution in [0.15, 0.2) is 72.8 Å². The molecule has 39 heavy (non-hydrogen) atoms. The number of β-amino-alcohol motifs (C(OH)–C–C–N with tert-alkyl or cyclic N) is 1. The smallest absolute Gasteiger partial charge is 0.229 e. The predicted octanol–water partition coefficient (Wildman–Crippen LogP) is 3.70. The van der Waals surface area contributed by atoms with Gasteiger partial charge in [0, 0.05) is 18.6 Å². The van der Waals surface area contributed by atoms with Crippen LogP contribution in [0.2, 0.25) is 0 Å². The molecule has 5 N–H and O–H groups in total. The number of benzene rings is 3. The van der Waals surface area contributed by atoms with Crippen molar-refractivity contribution in [3.8, 4) is 5.75 Å². The molecule has 0 saturated heterocycles. The van der Waals surface area contributed by atoms with E-state index in [0.29, 0.717) is 24.9 Å². The normalized spacial score (nSPS) is 12.6. The first kappa shape index (κ1) is 30.1. The van der Waals surface area contributed by atoms with Crippen LogP contribution in [0.4, 0.5) is 5.69 Å². The molecule has 0 aromatic heterocycles. The lowest BCUT2D eigenvalue weighted by Gasteiger charge is -2.28. The Morgan fingerprint density at radius 3 is 2.36 bits per heavy atom. The zero-order valence-corrected chi connectivity index (χ0v) is 23.6. The van der Waals surface area contributed by atoms with Gasteiger partial charge in [0.25, 0.3) is 0 Å². The third kappa shape index (κ3) is 10.7. The number of anilines is 1. The summed E-state index contributed by atoms with van der Waals surface area (Å²) in [6, 6.07) is 22.5. The first-order chi connectivity index (χ1) is 18.4. The highest BCUT2D eigenvalue weighted by Gasteiger charge is 2.21. The average molecular weight is 554 g/mol. The Bertz CT molecular complexity index is 1340. The van der Waals surface area contributed by atoms with Gasteiger partial charge in [-0.15, -0.1) is 0 Å². The van der Waals surface area contributed by atoms with Gasteiger partial charge < -0.3 is 20.8 Å². The van der Waals surface area contributed by atoms with Crippen molar-refractivity contribution >= 4 is 21.6 Å². The predicted molar refractivity (Wildman–Crippen MR) is 155 cm³/mol. The number of aryl methyl sites for hydroxylation is 1. The average Bonchev–Trinajstić information content (AvgIpc) is 2.86. The molecule has 0 aliphatic rings. The summed E-state index contributed by atoms with van der Waals surface area (Å²) in [5.74, 6) is -0.218. The molecule has 210 valence electrons. The molecule has 0 aliphatic heterocycles. The van der Waals surface area contributed by atoms with E-state index in [2.05, 4.69) is 27.5 Å². The summed E-state index contributed by atoms with van der Waals surface area (Å²) in [7, 11) is -3.57. The highest BCUT2D eigenvalue weighted by molar-refractivity contribution is 7.92. The maximum Gasteiger partial charge on any atom is 0.229 e. The quantitative estimate of drug-likeness (QED) is 0.153. The molecule has 1 atom stereocenters. The van der Waals surface area contributed by atoms with Crippen LogP contribution in [0.25, 0.3) is 0 Å². The Morgan fingerprint density at radius 2 is 1.64 bits per heavy atom. The maximum absolute atomic E-state index is 12.4. The van der Waals surface area contributed by atoms with Gasteiger partial charge in [-0.25, -0.2) is 8.42 Å². The zero-order valence-electron chi connectivity index (χ0n) is 22.8. The Morgan fingerprint density at radius 1 is 0.949 bits per heavy atom. The largest absolute Gasteiger partial charge is 0.506 e. The van der Waals surface area contributed by atoms with Gasteiger partial charge in [-0.1, -0.05) is 60.7 Å². The van der Waals surface area contributed by atoms with Crippen molar-refractivity contribution < 1.29 is 23.4 Å². The number of amides is 1. The van der Waals surface area contributed by atoms with Crippen molar-refractivity contribution in [1.29, 1.82) is 0 Å². The van der Waals surface area contributed by atoms with E-state index in [0.717, 1.165) is 30.2 Å². The van der Waals surface area contributed by atoms with Crippen molar-refractivity contribution in [2.24, 2.45) is 0 Å². The lowest BCUT2D eigenvalue weighted by Crippen LogP contribution is -2.43. The maximum atomic E-state index is 12.4. The Kier molecular flexibility index (Phi) is 10.5. The molecule has 3 aromatic carbocycles. The van der Waals surface area contributed by atoms with Gasteiger partial charge in [0.15, 0.2) is 0 Å². The first-order valence-corrected chi connectivity index (χ1v) is 14.9. The summed E-state index contributed by atoms with van der Waals surface area (Å²) in [4.78, 5) is 12.4. The molecule has 0 unspecified atom stereocenters. The van der Waals surface area contributed by atoms with Crippen LogP contribution < -0.4 is 15.4 Å². The zero-order chi connectivity index (χ0) is 28.5. The molecule has 0 fully saturated rings. The van der Waals surface area contributed by atoms with Crippen molar-refractivity contribution in [3.63, 3.8) is 0 Å². The number of rotatable bonds is 14. The molecule has 0 spiro atoms. The summed E-state index contributed by atoms with van der Waals surface area (Å²) in [5, 5.41) is 27.0. The van der Waals surface area contributed by atoms with Crippen LogP contribution >= 0.6 is 0 Å². The number of hydrogen-bond donors (Lipinski definition) is 5. The van der Waals surface area contributed by atoms with E-state index in [1.165, 1.54) is 17.7 Å². The highest BCUT2D eigenvalue weighted by atomic mass is 32.2. The minimum atomic E-state index is -3.57. The van der Waals surface area contributed by atoms with E-state index < -0.39 is 16.1 Å². The minimum absolute atomic E-state index is 0.000603. The fourth-order valence-corrected chi connectivity index (χ4v) is 4.93. The lowest BCUT2D eigenvalue weighted by atomic mass is 9.93. The number of sulfonamides is 1. The second-order valence-electron chi connectivity index (χ2n) is 10.5. The van der Waals surface area contributed by atoms with Crippen molar-refractivity contribution in [3.05, 3.63) is 95.1 Å². The van der Waals surface area contributed by atoms with E-state index >= 15 is 0 Å². The fraction of sp³-hybridized carbons (Fsp3) is 0.367. The Labute approximate surface area is 231 Å². The molecule has 0 heterocycles. The van der Waals surface area contributed by atoms with Crippen LogP contribution in [0, 0.1) is 0 Å². The molecule has 0 aliphatic carbocycles. The van der Waals surface area contributed by atoms with Crippen molar-refractivity contribution in [2.75, 3.05) is 24.1 Å². The number of nitrogens with one attached hydrogen (secondary N) is 3. The van der Waals surface area contributed by atoms with Crippen molar-refractivity contribution in [2.45, 2.75) is 51.2 Å². The number of aliphatic hydroxyl groups excluding tert-OH is 1. The number of hydrogen-bond acceptors (Lipinski definition) is 6. The minimum Gasteiger partial charge on any atom is -0.506 e. The molecule has 1 amide bonds. The molecule has 3 aromatic rings. The number of carbonyl (C=O) groups is 1. The summed E-state index contributed by atoms with van der Waals surface area (Å²) >= 11 is 0. The number of aliphatic hydroxyl groups is 1. The standard InChI is InChI=1S/C30H39N3O5S/c1-30(2,32-21-28(35)25-14-15-27(34)26(19-25)33-39(3,37)38)20-24-12-7-11-23(17-24)18-29(36)31-16-8-13-22-9-5-4-6-10-22/h4-7,9-12,14-15,17,19,28,32-35H,8,13,16,18,20-21H2,1-3H3,(H,31,36)/t28-/m1/s1. The van der Waals surface area contributed by atoms with E-state index in [9.17, 15) is 23.4 Å². The number of phenols is 1. The monoisotopic (exact) mass is 553 g/mol. The molecule has 3 rings (SSSR count). The van der Waals surface area contributed by atoms with Crippen molar-refractivity contribution in [1.82, 2.24) is 10.6 Å². The third-order valence-electron chi connectivity index (χ3n) is 6.28. The Balaban J connectivity index is 1.49. The number of aromatic hydroxyl groups is 1. The summed E-state index contributed by atoms with van der Waals surface area (Å²) in [6.07, 6.45) is 2.88. The SMILES string of the molecule is CC(C)(Cc1cccc(CC(=O)NCCCc2ccccc2)c1)NC[C@@H](O)c1ccc(O)c(NS(C)(=O)=O)c1. The van der Waals surface area contributed by atoms with Gasteiger partial charge in [0.2, 0.25) is 15.9 Å². The van der Waals surface area contributed by atoms with E-state index in [4.69, 9.17) is 0 Å². The topological polar surface area (TPSA) is 128 Å². The highest BCUT2D eigenvalue weighted by Crippen LogP contribution is 2.28. The number of carbonyl (C=O) groups excluding carboxylic acids is 1. The molecule has 9 heteroatoms. The number of phenolic OH excluding ortho intramolecular Hbond substituents is 1. The van der Waals surface area contributed by atoms with E-state index in [1.807, 2.05) is 56.3 Å². The Hall–Kier alpha value is -3.40. The van der Waals surface area contributed by atoms with Gasteiger partial charge in [-0.3, -0.25) is 9.52 Å². The molecule has 0 saturated carbocycles. The molecular formula is C30H39N3O5S. The third-order valence-corrected chi connectivity index (χ3v) is 6.87. The van der Waals surface area contributed by atoms with Crippen LogP contribution in [0.1, 0.15) is 48.6 Å². The van der Waals surface area contributed by atoms with Crippen LogP contribution in [-0.4, -0.2) is 49.4 Å². The van der Waals surface area contributed by atoms with Crippen LogP contribution in [0.3, 0.4) is 0 Å². The molecule has 0 radical (unpaired) electrons. The van der Waals surface area contributed by atoms with Crippen LogP contribution in [-0.2, 0) is 34.1 Å². The second-order valence-corrected chi connectivity index (χ2v) is 12.3. The lowest BCUT2D eigenvalue weighted by molar-refractivity contribution is -0.120. The molecular weight excluding hydrogens is 514 g/mol. The second kappa shape index (κ2) is 13.6. The molecule has 0 bridgehead atoms. The van der Waals surface area contributed by atoms with Gasteiger partial charge in [0.05, 0.1) is 24.5 Å². The first-order valence-electron chi connectivity index (χ1n) is 13.0. The van der Waals surface area contributed by atoms with Gasteiger partial charge in [-0.05, 0) is 67.5 Å². The van der Waals surface area contributed by atoms with Crippen LogP contribution in [0.5, 0.6) is 5.75 Å². The summed E-state index contributed by atoms with van der Waals surface area (Å²) < 4.78 is 25.3. The van der Waals surface area contributed by atoms with Gasteiger partial charge in [0.1, 0.15) is 5.75 Å². The molecule has 8 nitrogen and oxygen atoms in total. The van der Waals surface area contributed by atoms with Gasteiger partial charge in [-0.2, -0.15) is 0 Å². The summed E-state index contributed by atoms with van der Waals surface area (Å²) in [5.41, 5.74) is 3.40. The van der Waals surface area contributed by atoms with E-state index in [-0.39, 0.29) is 29.4 Å². The van der Waals surface area contributed by atoms with Gasteiger partial charge >= 0.3 is 0 Å². The fourth-order valence-electron chi connectivity index (χ4n) is 4.37. The van der Waals surface area contributed by atoms with E-state index in [1.54, 1.807) is 6.07 Å². The summed E-state index contributed by atoms with van der Waals surface area (Å²) in [6.45, 7) is 4.92.